The number of hydrogen-bond acceptors (Lipinski definition) is 5. The lowest BCUT2D eigenvalue weighted by atomic mass is 10.1. The van der Waals surface area contributed by atoms with Crippen LogP contribution in [0, 0.1) is 0 Å². The lowest BCUT2D eigenvalue weighted by molar-refractivity contribution is -0.128. The number of thioether (sulfide) groups is 1. The molecule has 0 aliphatic carbocycles. The predicted octanol–water partition coefficient (Wildman–Crippen LogP) is 4.73. The molecule has 0 bridgehead atoms. The van der Waals surface area contributed by atoms with Gasteiger partial charge in [0.05, 0.1) is 16.7 Å². The maximum absolute atomic E-state index is 13.3. The molecular weight excluding hydrogens is 492 g/mol. The van der Waals surface area contributed by atoms with Gasteiger partial charge in [-0.25, -0.2) is 4.98 Å². The number of para-hydroxylation sites is 2. The van der Waals surface area contributed by atoms with Gasteiger partial charge in [-0.1, -0.05) is 65.8 Å². The van der Waals surface area contributed by atoms with E-state index in [1.54, 1.807) is 10.6 Å². The van der Waals surface area contributed by atoms with Crippen LogP contribution in [-0.4, -0.2) is 52.3 Å². The molecule has 8 heteroatoms. The first-order valence-electron chi connectivity index (χ1n) is 12.0. The van der Waals surface area contributed by atoms with E-state index in [1.807, 2.05) is 65.6 Å². The molecule has 0 atom stereocenters. The van der Waals surface area contributed by atoms with E-state index in [9.17, 15) is 9.59 Å². The van der Waals surface area contributed by atoms with Crippen molar-refractivity contribution in [2.24, 2.45) is 0 Å². The Bertz CT molecular complexity index is 1400. The predicted molar refractivity (Wildman–Crippen MR) is 147 cm³/mol. The molecule has 36 heavy (non-hydrogen) atoms. The number of carbonyl (C=O) groups is 1. The summed E-state index contributed by atoms with van der Waals surface area (Å²) in [5, 5.41) is 1.84. The fraction of sp³-hybridized carbons (Fsp3) is 0.250. The van der Waals surface area contributed by atoms with Crippen molar-refractivity contribution in [1.82, 2.24) is 14.5 Å². The second-order valence-corrected chi connectivity index (χ2v) is 10.1. The number of rotatable bonds is 7. The van der Waals surface area contributed by atoms with Crippen LogP contribution in [0.25, 0.3) is 10.9 Å². The molecular formula is C28H27ClN4O2S. The maximum Gasteiger partial charge on any atom is 0.262 e. The van der Waals surface area contributed by atoms with Crippen molar-refractivity contribution < 1.29 is 4.79 Å². The lowest BCUT2D eigenvalue weighted by Crippen LogP contribution is -2.49. The van der Waals surface area contributed by atoms with E-state index in [4.69, 9.17) is 16.6 Å². The summed E-state index contributed by atoms with van der Waals surface area (Å²) in [6.07, 6.45) is 0.667. The molecule has 4 aromatic rings. The normalized spacial score (nSPS) is 13.8. The molecule has 1 aromatic heterocycles. The van der Waals surface area contributed by atoms with Gasteiger partial charge in [-0.3, -0.25) is 14.2 Å². The van der Waals surface area contributed by atoms with E-state index in [2.05, 4.69) is 17.0 Å². The molecule has 5 rings (SSSR count). The Balaban J connectivity index is 1.28. The van der Waals surface area contributed by atoms with Crippen molar-refractivity contribution in [3.63, 3.8) is 0 Å². The van der Waals surface area contributed by atoms with Crippen molar-refractivity contribution in [1.29, 1.82) is 0 Å². The summed E-state index contributed by atoms with van der Waals surface area (Å²) in [7, 11) is 0. The summed E-state index contributed by atoms with van der Waals surface area (Å²) in [6.45, 7) is 3.46. The van der Waals surface area contributed by atoms with Crippen LogP contribution in [0.1, 0.15) is 5.56 Å². The average Bonchev–Trinajstić information content (AvgIpc) is 2.93. The smallest absolute Gasteiger partial charge is 0.262 e. The zero-order valence-corrected chi connectivity index (χ0v) is 21.4. The highest BCUT2D eigenvalue weighted by Gasteiger charge is 2.22. The molecule has 3 aromatic carbocycles. The van der Waals surface area contributed by atoms with Crippen molar-refractivity contribution in [2.75, 3.05) is 36.8 Å². The molecule has 0 saturated carbocycles. The maximum atomic E-state index is 13.3. The Labute approximate surface area is 219 Å². The summed E-state index contributed by atoms with van der Waals surface area (Å²) in [6, 6.07) is 25.3. The number of nitrogens with zero attached hydrogens (tertiary/aromatic N) is 4. The first-order chi connectivity index (χ1) is 17.6. The average molecular weight is 519 g/mol. The van der Waals surface area contributed by atoms with Gasteiger partial charge in [0.15, 0.2) is 5.16 Å². The number of aromatic nitrogens is 2. The lowest BCUT2D eigenvalue weighted by Gasteiger charge is -2.36. The van der Waals surface area contributed by atoms with E-state index in [0.29, 0.717) is 47.1 Å². The molecule has 184 valence electrons. The van der Waals surface area contributed by atoms with Crippen molar-refractivity contribution >= 4 is 45.9 Å². The van der Waals surface area contributed by atoms with Crippen LogP contribution in [0.3, 0.4) is 0 Å². The summed E-state index contributed by atoms with van der Waals surface area (Å²) >= 11 is 7.35. The first kappa shape index (κ1) is 24.4. The number of piperazine rings is 1. The van der Waals surface area contributed by atoms with Crippen molar-refractivity contribution in [3.05, 3.63) is 99.8 Å². The molecule has 6 nitrogen and oxygen atoms in total. The van der Waals surface area contributed by atoms with Gasteiger partial charge in [-0.15, -0.1) is 0 Å². The molecule has 1 aliphatic heterocycles. The standard InChI is InChI=1S/C28H27ClN4O2S/c29-22-12-10-21(11-13-22)14-15-33-27(35)24-8-4-5-9-25(24)30-28(33)36-20-26(34)32-18-16-31(17-19-32)23-6-2-1-3-7-23/h1-13H,14-20H2. The topological polar surface area (TPSA) is 58.4 Å². The molecule has 1 saturated heterocycles. The van der Waals surface area contributed by atoms with Gasteiger partial charge in [0.25, 0.3) is 5.56 Å². The monoisotopic (exact) mass is 518 g/mol. The van der Waals surface area contributed by atoms with Gasteiger partial charge < -0.3 is 9.80 Å². The third kappa shape index (κ3) is 5.58. The Morgan fingerprint density at radius 1 is 0.889 bits per heavy atom. The molecule has 2 heterocycles. The van der Waals surface area contributed by atoms with Gasteiger partial charge in [0, 0.05) is 43.4 Å². The minimum Gasteiger partial charge on any atom is -0.368 e. The number of aryl methyl sites for hydroxylation is 1. The number of amides is 1. The fourth-order valence-electron chi connectivity index (χ4n) is 4.42. The van der Waals surface area contributed by atoms with Crippen LogP contribution in [0.5, 0.6) is 0 Å². The summed E-state index contributed by atoms with van der Waals surface area (Å²) < 4.78 is 1.70. The molecule has 1 fully saturated rings. The van der Waals surface area contributed by atoms with Gasteiger partial charge in [-0.2, -0.15) is 0 Å². The highest BCUT2D eigenvalue weighted by molar-refractivity contribution is 7.99. The molecule has 0 N–H and O–H groups in total. The highest BCUT2D eigenvalue weighted by atomic mass is 35.5. The summed E-state index contributed by atoms with van der Waals surface area (Å²) in [5.74, 6) is 0.316. The zero-order chi connectivity index (χ0) is 24.9. The van der Waals surface area contributed by atoms with E-state index in [1.165, 1.54) is 17.4 Å². The van der Waals surface area contributed by atoms with Crippen LogP contribution in [0.2, 0.25) is 5.02 Å². The van der Waals surface area contributed by atoms with E-state index in [-0.39, 0.29) is 17.2 Å². The number of halogens is 1. The molecule has 0 unspecified atom stereocenters. The molecule has 0 spiro atoms. The third-order valence-corrected chi connectivity index (χ3v) is 7.66. The second-order valence-electron chi connectivity index (χ2n) is 8.74. The molecule has 0 radical (unpaired) electrons. The van der Waals surface area contributed by atoms with Crippen LogP contribution in [0.15, 0.2) is 88.8 Å². The Kier molecular flexibility index (Phi) is 7.58. The van der Waals surface area contributed by atoms with Gasteiger partial charge in [0.1, 0.15) is 0 Å². The number of carbonyl (C=O) groups excluding carboxylic acids is 1. The van der Waals surface area contributed by atoms with E-state index < -0.39 is 0 Å². The Morgan fingerprint density at radius 2 is 1.58 bits per heavy atom. The highest BCUT2D eigenvalue weighted by Crippen LogP contribution is 2.21. The van der Waals surface area contributed by atoms with Gasteiger partial charge >= 0.3 is 0 Å². The minimum absolute atomic E-state index is 0.0689. The Hall–Kier alpha value is -3.29. The third-order valence-electron chi connectivity index (χ3n) is 6.44. The molecule has 1 amide bonds. The number of benzene rings is 3. The van der Waals surface area contributed by atoms with E-state index >= 15 is 0 Å². The fourth-order valence-corrected chi connectivity index (χ4v) is 5.47. The summed E-state index contributed by atoms with van der Waals surface area (Å²) in [5.41, 5.74) is 2.84. The van der Waals surface area contributed by atoms with Crippen LogP contribution < -0.4 is 10.5 Å². The second kappa shape index (κ2) is 11.2. The molecule has 1 aliphatic rings. The number of anilines is 1. The minimum atomic E-state index is -0.0824. The van der Waals surface area contributed by atoms with Crippen LogP contribution in [0.4, 0.5) is 5.69 Å². The zero-order valence-electron chi connectivity index (χ0n) is 19.8. The van der Waals surface area contributed by atoms with Crippen molar-refractivity contribution in [2.45, 2.75) is 18.1 Å². The first-order valence-corrected chi connectivity index (χ1v) is 13.4. The largest absolute Gasteiger partial charge is 0.368 e. The van der Waals surface area contributed by atoms with Crippen molar-refractivity contribution in [3.8, 4) is 0 Å². The number of hydrogen-bond donors (Lipinski definition) is 0. The SMILES string of the molecule is O=C(CSc1nc2ccccc2c(=O)n1CCc1ccc(Cl)cc1)N1CCN(c2ccccc2)CC1. The summed E-state index contributed by atoms with van der Waals surface area (Å²) in [4.78, 5) is 35.3. The van der Waals surface area contributed by atoms with Gasteiger partial charge in [0.2, 0.25) is 5.91 Å². The van der Waals surface area contributed by atoms with Gasteiger partial charge in [-0.05, 0) is 48.4 Å². The van der Waals surface area contributed by atoms with E-state index in [0.717, 1.165) is 18.7 Å². The van der Waals surface area contributed by atoms with Crippen LogP contribution in [-0.2, 0) is 17.8 Å². The quantitative estimate of drug-likeness (QED) is 0.261. The van der Waals surface area contributed by atoms with Crippen LogP contribution >= 0.6 is 23.4 Å². The number of fused-ring (bicyclic) bond motifs is 1. The Morgan fingerprint density at radius 3 is 2.33 bits per heavy atom.